The smallest absolute Gasteiger partial charge is 0.256 e. The molecule has 19 heavy (non-hydrogen) atoms. The van der Waals surface area contributed by atoms with Crippen LogP contribution in [0.2, 0.25) is 0 Å². The second-order valence-corrected chi connectivity index (χ2v) is 4.72. The van der Waals surface area contributed by atoms with Gasteiger partial charge in [-0.15, -0.1) is 0 Å². The zero-order chi connectivity index (χ0) is 13.8. The third-order valence-corrected chi connectivity index (χ3v) is 3.34. The summed E-state index contributed by atoms with van der Waals surface area (Å²) in [6.07, 6.45) is -1.16. The standard InChI is InChI=1S/C14H20N2O3/c1-10-3-4-12(19-2)11(9-10)13(17)14(18)16-7-5-15-6-8-16/h3-4,9,13,15,17H,5-8H2,1-2H3. The molecule has 2 rings (SSSR count). The van der Waals surface area contributed by atoms with Crippen molar-refractivity contribution in [1.29, 1.82) is 0 Å². The van der Waals surface area contributed by atoms with E-state index in [0.29, 0.717) is 24.4 Å². The summed E-state index contributed by atoms with van der Waals surface area (Å²) in [6.45, 7) is 4.71. The van der Waals surface area contributed by atoms with Crippen molar-refractivity contribution in [3.05, 3.63) is 29.3 Å². The van der Waals surface area contributed by atoms with E-state index in [-0.39, 0.29) is 5.91 Å². The number of hydrogen-bond acceptors (Lipinski definition) is 4. The molecule has 0 aliphatic carbocycles. The van der Waals surface area contributed by atoms with Gasteiger partial charge in [0, 0.05) is 31.7 Å². The third-order valence-electron chi connectivity index (χ3n) is 3.34. The van der Waals surface area contributed by atoms with Gasteiger partial charge in [0.25, 0.3) is 5.91 Å². The lowest BCUT2D eigenvalue weighted by atomic mass is 10.0. The summed E-state index contributed by atoms with van der Waals surface area (Å²) < 4.78 is 5.22. The summed E-state index contributed by atoms with van der Waals surface area (Å²) >= 11 is 0. The molecule has 1 aromatic rings. The maximum absolute atomic E-state index is 12.3. The summed E-state index contributed by atoms with van der Waals surface area (Å²) in [4.78, 5) is 14.0. The van der Waals surface area contributed by atoms with Gasteiger partial charge in [-0.3, -0.25) is 4.79 Å². The molecule has 0 bridgehead atoms. The first-order chi connectivity index (χ1) is 9.13. The summed E-state index contributed by atoms with van der Waals surface area (Å²) in [7, 11) is 1.54. The number of aliphatic hydroxyl groups is 1. The number of piperazine rings is 1. The molecule has 0 aromatic heterocycles. The predicted molar refractivity (Wildman–Crippen MR) is 72.1 cm³/mol. The Morgan fingerprint density at radius 2 is 2.11 bits per heavy atom. The van der Waals surface area contributed by atoms with Gasteiger partial charge in [-0.05, 0) is 19.1 Å². The first kappa shape index (κ1) is 13.8. The van der Waals surface area contributed by atoms with Crippen LogP contribution in [0.3, 0.4) is 0 Å². The van der Waals surface area contributed by atoms with E-state index in [0.717, 1.165) is 18.7 Å². The van der Waals surface area contributed by atoms with Gasteiger partial charge in [0.05, 0.1) is 7.11 Å². The van der Waals surface area contributed by atoms with Crippen LogP contribution in [-0.2, 0) is 4.79 Å². The maximum Gasteiger partial charge on any atom is 0.256 e. The van der Waals surface area contributed by atoms with E-state index in [1.165, 1.54) is 7.11 Å². The van der Waals surface area contributed by atoms with E-state index in [1.54, 1.807) is 17.0 Å². The van der Waals surface area contributed by atoms with E-state index in [4.69, 9.17) is 4.74 Å². The van der Waals surface area contributed by atoms with Crippen LogP contribution in [0.5, 0.6) is 5.75 Å². The van der Waals surface area contributed by atoms with Crippen molar-refractivity contribution in [1.82, 2.24) is 10.2 Å². The molecule has 5 nitrogen and oxygen atoms in total. The monoisotopic (exact) mass is 264 g/mol. The predicted octanol–water partition coefficient (Wildman–Crippen LogP) is 0.469. The van der Waals surface area contributed by atoms with Gasteiger partial charge in [0.1, 0.15) is 5.75 Å². The lowest BCUT2D eigenvalue weighted by Gasteiger charge is -2.29. The highest BCUT2D eigenvalue weighted by Gasteiger charge is 2.27. The highest BCUT2D eigenvalue weighted by atomic mass is 16.5. The van der Waals surface area contributed by atoms with Gasteiger partial charge >= 0.3 is 0 Å². The molecule has 0 spiro atoms. The number of rotatable bonds is 3. The molecule has 1 unspecified atom stereocenters. The van der Waals surface area contributed by atoms with Gasteiger partial charge in [-0.2, -0.15) is 0 Å². The van der Waals surface area contributed by atoms with Gasteiger partial charge < -0.3 is 20.1 Å². The molecule has 1 saturated heterocycles. The number of carbonyl (C=O) groups excluding carboxylic acids is 1. The fraction of sp³-hybridized carbons (Fsp3) is 0.500. The summed E-state index contributed by atoms with van der Waals surface area (Å²) in [6, 6.07) is 5.47. The fourth-order valence-corrected chi connectivity index (χ4v) is 2.26. The maximum atomic E-state index is 12.3. The number of amides is 1. The van der Waals surface area contributed by atoms with Crippen LogP contribution < -0.4 is 10.1 Å². The van der Waals surface area contributed by atoms with Crippen LogP contribution in [0.25, 0.3) is 0 Å². The molecule has 1 amide bonds. The quantitative estimate of drug-likeness (QED) is 0.833. The number of carbonyl (C=O) groups is 1. The molecule has 1 aromatic carbocycles. The Labute approximate surface area is 113 Å². The van der Waals surface area contributed by atoms with E-state index >= 15 is 0 Å². The number of nitrogens with one attached hydrogen (secondary N) is 1. The molecule has 1 heterocycles. The van der Waals surface area contributed by atoms with E-state index < -0.39 is 6.10 Å². The van der Waals surface area contributed by atoms with Gasteiger partial charge in [0.15, 0.2) is 6.10 Å². The number of benzene rings is 1. The molecule has 1 aliphatic rings. The topological polar surface area (TPSA) is 61.8 Å². The second-order valence-electron chi connectivity index (χ2n) is 4.72. The van der Waals surface area contributed by atoms with Crippen LogP contribution >= 0.6 is 0 Å². The van der Waals surface area contributed by atoms with E-state index in [2.05, 4.69) is 5.32 Å². The van der Waals surface area contributed by atoms with Crippen LogP contribution in [-0.4, -0.2) is 49.2 Å². The molecule has 0 radical (unpaired) electrons. The molecule has 1 fully saturated rings. The third kappa shape index (κ3) is 3.05. The fourth-order valence-electron chi connectivity index (χ4n) is 2.26. The lowest BCUT2D eigenvalue weighted by molar-refractivity contribution is -0.141. The zero-order valence-corrected chi connectivity index (χ0v) is 11.3. The Bertz CT molecular complexity index is 456. The molecule has 0 saturated carbocycles. The van der Waals surface area contributed by atoms with Crippen molar-refractivity contribution >= 4 is 5.91 Å². The molecule has 1 aliphatic heterocycles. The van der Waals surface area contributed by atoms with Gasteiger partial charge in [0.2, 0.25) is 0 Å². The Morgan fingerprint density at radius 3 is 2.74 bits per heavy atom. The molecule has 1 atom stereocenters. The van der Waals surface area contributed by atoms with Crippen LogP contribution in [0.1, 0.15) is 17.2 Å². The first-order valence-electron chi connectivity index (χ1n) is 6.45. The number of hydrogen-bond donors (Lipinski definition) is 2. The lowest BCUT2D eigenvalue weighted by Crippen LogP contribution is -2.48. The van der Waals surface area contributed by atoms with Gasteiger partial charge in [-0.1, -0.05) is 11.6 Å². The number of ether oxygens (including phenoxy) is 1. The number of aliphatic hydroxyl groups excluding tert-OH is 1. The summed E-state index contributed by atoms with van der Waals surface area (Å²) in [5.41, 5.74) is 1.52. The summed E-state index contributed by atoms with van der Waals surface area (Å²) in [5.74, 6) is 0.284. The van der Waals surface area contributed by atoms with Crippen LogP contribution in [0, 0.1) is 6.92 Å². The average Bonchev–Trinajstić information content (AvgIpc) is 2.46. The number of aryl methyl sites for hydroxylation is 1. The molecule has 104 valence electrons. The summed E-state index contributed by atoms with van der Waals surface area (Å²) in [5, 5.41) is 13.5. The highest BCUT2D eigenvalue weighted by Crippen LogP contribution is 2.27. The van der Waals surface area contributed by atoms with E-state index in [1.807, 2.05) is 13.0 Å². The zero-order valence-electron chi connectivity index (χ0n) is 11.3. The first-order valence-corrected chi connectivity index (χ1v) is 6.45. The minimum atomic E-state index is -1.16. The SMILES string of the molecule is COc1ccc(C)cc1C(O)C(=O)N1CCNCC1. The van der Waals surface area contributed by atoms with E-state index in [9.17, 15) is 9.90 Å². The van der Waals surface area contributed by atoms with Gasteiger partial charge in [-0.25, -0.2) is 0 Å². The number of methoxy groups -OCH3 is 1. The number of nitrogens with zero attached hydrogens (tertiary/aromatic N) is 1. The Kier molecular flexibility index (Phi) is 4.39. The molecule has 2 N–H and O–H groups in total. The highest BCUT2D eigenvalue weighted by molar-refractivity contribution is 5.83. The van der Waals surface area contributed by atoms with Crippen molar-refractivity contribution in [2.24, 2.45) is 0 Å². The van der Waals surface area contributed by atoms with Crippen molar-refractivity contribution in [3.63, 3.8) is 0 Å². The second kappa shape index (κ2) is 6.04. The Balaban J connectivity index is 2.20. The van der Waals surface area contributed by atoms with Crippen molar-refractivity contribution < 1.29 is 14.6 Å². The molecule has 5 heteroatoms. The normalized spacial score (nSPS) is 17.1. The van der Waals surface area contributed by atoms with Crippen molar-refractivity contribution in [3.8, 4) is 5.75 Å². The molecular weight excluding hydrogens is 244 g/mol. The van der Waals surface area contributed by atoms with Crippen LogP contribution in [0.15, 0.2) is 18.2 Å². The molecular formula is C14H20N2O3. The Hall–Kier alpha value is -1.59. The minimum Gasteiger partial charge on any atom is -0.496 e. The van der Waals surface area contributed by atoms with Crippen molar-refractivity contribution in [2.45, 2.75) is 13.0 Å². The largest absolute Gasteiger partial charge is 0.496 e. The Morgan fingerprint density at radius 1 is 1.42 bits per heavy atom. The van der Waals surface area contributed by atoms with Crippen LogP contribution in [0.4, 0.5) is 0 Å². The minimum absolute atomic E-state index is 0.259. The van der Waals surface area contributed by atoms with Crippen molar-refractivity contribution in [2.75, 3.05) is 33.3 Å². The average molecular weight is 264 g/mol.